The lowest BCUT2D eigenvalue weighted by Crippen LogP contribution is -2.39. The maximum absolute atomic E-state index is 11.8. The Balaban J connectivity index is 1.77. The van der Waals surface area contributed by atoms with Crippen molar-refractivity contribution in [2.24, 2.45) is 5.92 Å². The Labute approximate surface area is 125 Å². The molecule has 0 aromatic heterocycles. The summed E-state index contributed by atoms with van der Waals surface area (Å²) < 4.78 is 0. The first-order chi connectivity index (χ1) is 10.1. The Bertz CT molecular complexity index is 478. The first-order valence-corrected chi connectivity index (χ1v) is 7.63. The first kappa shape index (κ1) is 15.5. The number of nitrogens with one attached hydrogen (secondary N) is 1. The van der Waals surface area contributed by atoms with Crippen LogP contribution in [0.15, 0.2) is 30.3 Å². The molecule has 1 amide bonds. The van der Waals surface area contributed by atoms with Gasteiger partial charge in [0, 0.05) is 6.42 Å². The van der Waals surface area contributed by atoms with E-state index in [2.05, 4.69) is 29.6 Å². The molecule has 21 heavy (non-hydrogen) atoms. The van der Waals surface area contributed by atoms with Crippen LogP contribution >= 0.6 is 0 Å². The SMILES string of the molecule is CC(NC(=O)CC1CCC(c2ccccc2)CC1)C(=O)O. The fourth-order valence-corrected chi connectivity index (χ4v) is 3.05. The summed E-state index contributed by atoms with van der Waals surface area (Å²) >= 11 is 0. The molecule has 4 heteroatoms. The second-order valence-corrected chi connectivity index (χ2v) is 5.96. The van der Waals surface area contributed by atoms with Gasteiger partial charge in [0.2, 0.25) is 5.91 Å². The van der Waals surface area contributed by atoms with Crippen LogP contribution in [0.2, 0.25) is 0 Å². The van der Waals surface area contributed by atoms with Gasteiger partial charge in [-0.1, -0.05) is 30.3 Å². The third kappa shape index (κ3) is 4.59. The standard InChI is InChI=1S/C17H23NO3/c1-12(17(20)21)18-16(19)11-13-7-9-15(10-8-13)14-5-3-2-4-6-14/h2-6,12-13,15H,7-11H2,1H3,(H,18,19)(H,20,21). The number of benzene rings is 1. The molecule has 1 saturated carbocycles. The van der Waals surface area contributed by atoms with Gasteiger partial charge in [-0.25, -0.2) is 0 Å². The Kier molecular flexibility index (Phi) is 5.37. The Morgan fingerprint density at radius 1 is 1.19 bits per heavy atom. The van der Waals surface area contributed by atoms with Crippen molar-refractivity contribution in [1.29, 1.82) is 0 Å². The molecule has 1 aliphatic rings. The second kappa shape index (κ2) is 7.25. The van der Waals surface area contributed by atoms with Gasteiger partial charge in [0.1, 0.15) is 6.04 Å². The van der Waals surface area contributed by atoms with E-state index >= 15 is 0 Å². The number of rotatable bonds is 5. The monoisotopic (exact) mass is 289 g/mol. The zero-order chi connectivity index (χ0) is 15.2. The summed E-state index contributed by atoms with van der Waals surface area (Å²) in [7, 11) is 0. The molecule has 1 unspecified atom stereocenters. The number of carboxylic acids is 1. The second-order valence-electron chi connectivity index (χ2n) is 5.96. The van der Waals surface area contributed by atoms with Crippen molar-refractivity contribution in [3.63, 3.8) is 0 Å². The number of carboxylic acid groups (broad SMARTS) is 1. The predicted octanol–water partition coefficient (Wildman–Crippen LogP) is 2.94. The molecule has 0 radical (unpaired) electrons. The fourth-order valence-electron chi connectivity index (χ4n) is 3.05. The molecule has 2 N–H and O–H groups in total. The lowest BCUT2D eigenvalue weighted by atomic mass is 9.77. The molecule has 2 rings (SSSR count). The van der Waals surface area contributed by atoms with Crippen molar-refractivity contribution in [3.8, 4) is 0 Å². The Morgan fingerprint density at radius 2 is 1.81 bits per heavy atom. The summed E-state index contributed by atoms with van der Waals surface area (Å²) in [4.78, 5) is 22.5. The molecule has 4 nitrogen and oxygen atoms in total. The van der Waals surface area contributed by atoms with E-state index in [1.807, 2.05) is 6.07 Å². The number of aliphatic carboxylic acids is 1. The lowest BCUT2D eigenvalue weighted by molar-refractivity contribution is -0.141. The smallest absolute Gasteiger partial charge is 0.325 e. The molecule has 0 spiro atoms. The summed E-state index contributed by atoms with van der Waals surface area (Å²) in [5.74, 6) is -0.154. The van der Waals surface area contributed by atoms with Crippen molar-refractivity contribution in [2.45, 2.75) is 51.0 Å². The van der Waals surface area contributed by atoms with Gasteiger partial charge in [-0.3, -0.25) is 9.59 Å². The maximum atomic E-state index is 11.8. The van der Waals surface area contributed by atoms with Crippen LogP contribution in [0.25, 0.3) is 0 Å². The summed E-state index contributed by atoms with van der Waals surface area (Å²) in [6, 6.07) is 9.71. The van der Waals surface area contributed by atoms with Gasteiger partial charge in [-0.05, 0) is 50.0 Å². The highest BCUT2D eigenvalue weighted by atomic mass is 16.4. The number of amides is 1. The highest BCUT2D eigenvalue weighted by molar-refractivity contribution is 5.83. The van der Waals surface area contributed by atoms with Crippen LogP contribution in [0.4, 0.5) is 0 Å². The molecule has 1 aromatic carbocycles. The molecule has 114 valence electrons. The summed E-state index contributed by atoms with van der Waals surface area (Å²) in [5, 5.41) is 11.3. The van der Waals surface area contributed by atoms with Crippen molar-refractivity contribution >= 4 is 11.9 Å². The quantitative estimate of drug-likeness (QED) is 0.875. The molecular formula is C17H23NO3. The van der Waals surface area contributed by atoms with E-state index in [1.54, 1.807) is 0 Å². The molecule has 0 aliphatic heterocycles. The molecule has 0 saturated heterocycles. The minimum absolute atomic E-state index is 0.145. The summed E-state index contributed by atoms with van der Waals surface area (Å²) in [6.45, 7) is 1.49. The lowest BCUT2D eigenvalue weighted by Gasteiger charge is -2.28. The largest absolute Gasteiger partial charge is 0.480 e. The molecule has 1 aliphatic carbocycles. The van der Waals surface area contributed by atoms with Crippen molar-refractivity contribution in [3.05, 3.63) is 35.9 Å². The zero-order valence-electron chi connectivity index (χ0n) is 12.4. The average molecular weight is 289 g/mol. The van der Waals surface area contributed by atoms with Crippen LogP contribution in [0.1, 0.15) is 50.5 Å². The minimum atomic E-state index is -0.990. The minimum Gasteiger partial charge on any atom is -0.480 e. The molecule has 1 fully saturated rings. The number of carbonyl (C=O) groups is 2. The van der Waals surface area contributed by atoms with Crippen molar-refractivity contribution in [2.75, 3.05) is 0 Å². The van der Waals surface area contributed by atoms with E-state index in [-0.39, 0.29) is 5.91 Å². The van der Waals surface area contributed by atoms with Crippen LogP contribution in [-0.4, -0.2) is 23.0 Å². The molecule has 1 aromatic rings. The van der Waals surface area contributed by atoms with Crippen LogP contribution in [-0.2, 0) is 9.59 Å². The van der Waals surface area contributed by atoms with Gasteiger partial charge in [-0.2, -0.15) is 0 Å². The molecule has 1 atom stereocenters. The predicted molar refractivity (Wildman–Crippen MR) is 81.0 cm³/mol. The van der Waals surface area contributed by atoms with E-state index in [0.717, 1.165) is 25.7 Å². The Morgan fingerprint density at radius 3 is 2.38 bits per heavy atom. The molecular weight excluding hydrogens is 266 g/mol. The van der Waals surface area contributed by atoms with Crippen molar-refractivity contribution in [1.82, 2.24) is 5.32 Å². The van der Waals surface area contributed by atoms with Gasteiger partial charge < -0.3 is 10.4 Å². The highest BCUT2D eigenvalue weighted by Crippen LogP contribution is 2.36. The third-order valence-electron chi connectivity index (χ3n) is 4.34. The number of hydrogen-bond donors (Lipinski definition) is 2. The molecule has 0 heterocycles. The zero-order valence-corrected chi connectivity index (χ0v) is 12.4. The van der Waals surface area contributed by atoms with E-state index in [4.69, 9.17) is 5.11 Å². The average Bonchev–Trinajstić information content (AvgIpc) is 2.48. The van der Waals surface area contributed by atoms with E-state index in [1.165, 1.54) is 12.5 Å². The van der Waals surface area contributed by atoms with E-state index < -0.39 is 12.0 Å². The van der Waals surface area contributed by atoms with Gasteiger partial charge >= 0.3 is 5.97 Å². The normalized spacial score (nSPS) is 23.3. The topological polar surface area (TPSA) is 66.4 Å². The number of carbonyl (C=O) groups excluding carboxylic acids is 1. The third-order valence-corrected chi connectivity index (χ3v) is 4.34. The first-order valence-electron chi connectivity index (χ1n) is 7.63. The van der Waals surface area contributed by atoms with Gasteiger partial charge in [0.05, 0.1) is 0 Å². The van der Waals surface area contributed by atoms with E-state index in [9.17, 15) is 9.59 Å². The summed E-state index contributed by atoms with van der Waals surface area (Å²) in [5.41, 5.74) is 1.39. The van der Waals surface area contributed by atoms with Crippen molar-refractivity contribution < 1.29 is 14.7 Å². The van der Waals surface area contributed by atoms with Crippen LogP contribution in [0.5, 0.6) is 0 Å². The summed E-state index contributed by atoms with van der Waals surface area (Å²) in [6.07, 6.45) is 4.73. The molecule has 0 bridgehead atoms. The van der Waals surface area contributed by atoms with E-state index in [0.29, 0.717) is 18.3 Å². The Hall–Kier alpha value is -1.84. The highest BCUT2D eigenvalue weighted by Gasteiger charge is 2.24. The van der Waals surface area contributed by atoms with Gasteiger partial charge in [0.25, 0.3) is 0 Å². The number of hydrogen-bond acceptors (Lipinski definition) is 2. The maximum Gasteiger partial charge on any atom is 0.325 e. The fraction of sp³-hybridized carbons (Fsp3) is 0.529. The van der Waals surface area contributed by atoms with Gasteiger partial charge in [0.15, 0.2) is 0 Å². The van der Waals surface area contributed by atoms with Crippen LogP contribution in [0.3, 0.4) is 0 Å². The van der Waals surface area contributed by atoms with Crippen LogP contribution < -0.4 is 5.32 Å². The van der Waals surface area contributed by atoms with Crippen LogP contribution in [0, 0.1) is 5.92 Å². The van der Waals surface area contributed by atoms with Gasteiger partial charge in [-0.15, -0.1) is 0 Å².